The lowest BCUT2D eigenvalue weighted by Gasteiger charge is -2.05. The Morgan fingerprint density at radius 2 is 2.11 bits per heavy atom. The second-order valence-corrected chi connectivity index (χ2v) is 4.10. The van der Waals surface area contributed by atoms with Crippen molar-refractivity contribution in [2.45, 2.75) is 18.9 Å². The van der Waals surface area contributed by atoms with E-state index >= 15 is 0 Å². The maximum atomic E-state index is 9.23. The third-order valence-corrected chi connectivity index (χ3v) is 2.74. The number of benzene rings is 1. The second kappa shape index (κ2) is 5.95. The standard InChI is InChI=1S/C15H14N2O/c16-11-14(18)8-7-12-4-3-5-13(10-12)15-6-1-2-9-17-15/h1-6,9-10,14,18H,7-8H2. The average molecular weight is 238 g/mol. The van der Waals surface area contributed by atoms with E-state index in [0.29, 0.717) is 12.8 Å². The summed E-state index contributed by atoms with van der Waals surface area (Å²) in [6.45, 7) is 0. The van der Waals surface area contributed by atoms with Gasteiger partial charge in [0.1, 0.15) is 6.10 Å². The molecule has 0 amide bonds. The Morgan fingerprint density at radius 3 is 2.83 bits per heavy atom. The zero-order chi connectivity index (χ0) is 12.8. The highest BCUT2D eigenvalue weighted by molar-refractivity contribution is 5.59. The van der Waals surface area contributed by atoms with Crippen LogP contribution in [0.1, 0.15) is 12.0 Å². The molecule has 18 heavy (non-hydrogen) atoms. The fourth-order valence-corrected chi connectivity index (χ4v) is 1.79. The van der Waals surface area contributed by atoms with Gasteiger partial charge in [0.05, 0.1) is 11.8 Å². The summed E-state index contributed by atoms with van der Waals surface area (Å²) in [5.74, 6) is 0. The largest absolute Gasteiger partial charge is 0.378 e. The van der Waals surface area contributed by atoms with E-state index in [1.807, 2.05) is 48.5 Å². The van der Waals surface area contributed by atoms with E-state index in [1.165, 1.54) is 0 Å². The summed E-state index contributed by atoms with van der Waals surface area (Å²) in [5.41, 5.74) is 3.09. The van der Waals surface area contributed by atoms with Gasteiger partial charge in [-0.2, -0.15) is 5.26 Å². The number of nitriles is 1. The van der Waals surface area contributed by atoms with E-state index in [4.69, 9.17) is 5.26 Å². The molecule has 2 rings (SSSR count). The van der Waals surface area contributed by atoms with Gasteiger partial charge in [-0.05, 0) is 36.6 Å². The number of nitrogens with zero attached hydrogens (tertiary/aromatic N) is 2. The molecular weight excluding hydrogens is 224 g/mol. The SMILES string of the molecule is N#CC(O)CCc1cccc(-c2ccccn2)c1. The lowest BCUT2D eigenvalue weighted by Crippen LogP contribution is -2.03. The van der Waals surface area contributed by atoms with Gasteiger partial charge in [-0.3, -0.25) is 4.98 Å². The summed E-state index contributed by atoms with van der Waals surface area (Å²) in [6.07, 6.45) is 2.03. The van der Waals surface area contributed by atoms with Crippen molar-refractivity contribution in [3.63, 3.8) is 0 Å². The van der Waals surface area contributed by atoms with E-state index in [1.54, 1.807) is 6.20 Å². The molecule has 1 aromatic carbocycles. The molecule has 3 nitrogen and oxygen atoms in total. The van der Waals surface area contributed by atoms with Crippen LogP contribution in [0.25, 0.3) is 11.3 Å². The van der Waals surface area contributed by atoms with Crippen molar-refractivity contribution in [3.8, 4) is 17.3 Å². The third kappa shape index (κ3) is 3.16. The molecule has 1 heterocycles. The Labute approximate surface area is 106 Å². The molecule has 2 aromatic rings. The van der Waals surface area contributed by atoms with E-state index < -0.39 is 6.10 Å². The van der Waals surface area contributed by atoms with Crippen LogP contribution in [-0.2, 0) is 6.42 Å². The van der Waals surface area contributed by atoms with Crippen LogP contribution in [0.3, 0.4) is 0 Å². The summed E-state index contributed by atoms with van der Waals surface area (Å²) >= 11 is 0. The molecule has 0 bridgehead atoms. The van der Waals surface area contributed by atoms with E-state index in [-0.39, 0.29) is 0 Å². The summed E-state index contributed by atoms with van der Waals surface area (Å²) < 4.78 is 0. The second-order valence-electron chi connectivity index (χ2n) is 4.10. The van der Waals surface area contributed by atoms with Crippen molar-refractivity contribution in [1.82, 2.24) is 4.98 Å². The number of aliphatic hydroxyl groups is 1. The van der Waals surface area contributed by atoms with Gasteiger partial charge >= 0.3 is 0 Å². The highest BCUT2D eigenvalue weighted by atomic mass is 16.3. The van der Waals surface area contributed by atoms with Gasteiger partial charge in [-0.25, -0.2) is 0 Å². The first-order valence-corrected chi connectivity index (χ1v) is 5.87. The van der Waals surface area contributed by atoms with E-state index in [0.717, 1.165) is 16.8 Å². The molecule has 3 heteroatoms. The normalized spacial score (nSPS) is 11.8. The van der Waals surface area contributed by atoms with Crippen LogP contribution in [0.2, 0.25) is 0 Å². The van der Waals surface area contributed by atoms with E-state index in [2.05, 4.69) is 4.98 Å². The van der Waals surface area contributed by atoms with Crippen molar-refractivity contribution in [2.75, 3.05) is 0 Å². The summed E-state index contributed by atoms with van der Waals surface area (Å²) in [6, 6.07) is 15.6. The fourth-order valence-electron chi connectivity index (χ4n) is 1.79. The van der Waals surface area contributed by atoms with Crippen LogP contribution in [0.5, 0.6) is 0 Å². The van der Waals surface area contributed by atoms with Crippen LogP contribution in [0.4, 0.5) is 0 Å². The molecule has 0 aliphatic carbocycles. The molecule has 0 spiro atoms. The minimum absolute atomic E-state index is 0.460. The van der Waals surface area contributed by atoms with Crippen molar-refractivity contribution < 1.29 is 5.11 Å². The van der Waals surface area contributed by atoms with Crippen molar-refractivity contribution in [2.24, 2.45) is 0 Å². The maximum absolute atomic E-state index is 9.23. The molecule has 1 unspecified atom stereocenters. The summed E-state index contributed by atoms with van der Waals surface area (Å²) in [7, 11) is 0. The highest BCUT2D eigenvalue weighted by Gasteiger charge is 2.04. The molecule has 1 atom stereocenters. The Bertz CT molecular complexity index is 546. The maximum Gasteiger partial charge on any atom is 0.140 e. The zero-order valence-corrected chi connectivity index (χ0v) is 9.95. The fraction of sp³-hybridized carbons (Fsp3) is 0.200. The lowest BCUT2D eigenvalue weighted by atomic mass is 10.0. The molecule has 0 fully saturated rings. The Hall–Kier alpha value is -2.18. The minimum atomic E-state index is -0.886. The summed E-state index contributed by atoms with van der Waals surface area (Å²) in [5, 5.41) is 17.8. The zero-order valence-electron chi connectivity index (χ0n) is 9.95. The molecular formula is C15H14N2O. The van der Waals surface area contributed by atoms with Crippen molar-refractivity contribution >= 4 is 0 Å². The molecule has 0 saturated carbocycles. The van der Waals surface area contributed by atoms with Crippen LogP contribution in [0.15, 0.2) is 48.7 Å². The van der Waals surface area contributed by atoms with Crippen LogP contribution in [-0.4, -0.2) is 16.2 Å². The van der Waals surface area contributed by atoms with Gasteiger partial charge < -0.3 is 5.11 Å². The number of aromatic nitrogens is 1. The van der Waals surface area contributed by atoms with Crippen LogP contribution in [0, 0.1) is 11.3 Å². The molecule has 0 aliphatic heterocycles. The lowest BCUT2D eigenvalue weighted by molar-refractivity contribution is 0.220. The number of aliphatic hydroxyl groups excluding tert-OH is 1. The quantitative estimate of drug-likeness (QED) is 0.833. The van der Waals surface area contributed by atoms with Gasteiger partial charge in [0.25, 0.3) is 0 Å². The smallest absolute Gasteiger partial charge is 0.140 e. The first-order valence-electron chi connectivity index (χ1n) is 5.87. The Morgan fingerprint density at radius 1 is 1.22 bits per heavy atom. The van der Waals surface area contributed by atoms with Gasteiger partial charge in [0.15, 0.2) is 0 Å². The number of hydrogen-bond donors (Lipinski definition) is 1. The molecule has 1 N–H and O–H groups in total. The Balaban J connectivity index is 2.14. The van der Waals surface area contributed by atoms with Crippen molar-refractivity contribution in [1.29, 1.82) is 5.26 Å². The minimum Gasteiger partial charge on any atom is -0.378 e. The van der Waals surface area contributed by atoms with Crippen LogP contribution < -0.4 is 0 Å². The first-order chi connectivity index (χ1) is 8.79. The highest BCUT2D eigenvalue weighted by Crippen LogP contribution is 2.18. The van der Waals surface area contributed by atoms with Gasteiger partial charge in [0, 0.05) is 11.8 Å². The summed E-state index contributed by atoms with van der Waals surface area (Å²) in [4.78, 5) is 4.30. The van der Waals surface area contributed by atoms with E-state index in [9.17, 15) is 5.11 Å². The third-order valence-electron chi connectivity index (χ3n) is 2.74. The average Bonchev–Trinajstić information content (AvgIpc) is 2.46. The molecule has 90 valence electrons. The van der Waals surface area contributed by atoms with Crippen molar-refractivity contribution in [3.05, 3.63) is 54.2 Å². The number of rotatable bonds is 4. The predicted octanol–water partition coefficient (Wildman–Crippen LogP) is 2.57. The Kier molecular flexibility index (Phi) is 4.06. The topological polar surface area (TPSA) is 56.9 Å². The van der Waals surface area contributed by atoms with Crippen LogP contribution >= 0.6 is 0 Å². The monoisotopic (exact) mass is 238 g/mol. The molecule has 0 saturated heterocycles. The molecule has 1 aromatic heterocycles. The number of pyridine rings is 1. The van der Waals surface area contributed by atoms with Gasteiger partial charge in [-0.15, -0.1) is 0 Å². The van der Waals surface area contributed by atoms with Gasteiger partial charge in [0.2, 0.25) is 0 Å². The molecule has 0 aliphatic rings. The molecule has 0 radical (unpaired) electrons. The predicted molar refractivity (Wildman–Crippen MR) is 69.6 cm³/mol. The number of hydrogen-bond acceptors (Lipinski definition) is 3. The number of aryl methyl sites for hydroxylation is 1. The first kappa shape index (κ1) is 12.3. The van der Waals surface area contributed by atoms with Gasteiger partial charge in [-0.1, -0.05) is 24.3 Å².